The highest BCUT2D eigenvalue weighted by atomic mass is 16.4. The molecular weight excluding hydrogens is 220 g/mol. The van der Waals surface area contributed by atoms with Gasteiger partial charge in [0.15, 0.2) is 0 Å². The first-order valence-electron chi connectivity index (χ1n) is 6.28. The minimum atomic E-state index is -0.961. The summed E-state index contributed by atoms with van der Waals surface area (Å²) >= 11 is 0. The predicted octanol–water partition coefficient (Wildman–Crippen LogP) is 0.840. The lowest BCUT2D eigenvalue weighted by Crippen LogP contribution is -2.50. The van der Waals surface area contributed by atoms with Crippen LogP contribution in [0.15, 0.2) is 0 Å². The summed E-state index contributed by atoms with van der Waals surface area (Å²) in [7, 11) is 0. The van der Waals surface area contributed by atoms with Crippen LogP contribution in [0.25, 0.3) is 0 Å². The third-order valence-electron chi connectivity index (χ3n) is 3.34. The maximum Gasteiger partial charge on any atom is 0.327 e. The Morgan fingerprint density at radius 1 is 1.41 bits per heavy atom. The lowest BCUT2D eigenvalue weighted by atomic mass is 10.1. The van der Waals surface area contributed by atoms with E-state index in [1.807, 2.05) is 6.92 Å². The molecule has 1 fully saturated rings. The fraction of sp³-hybridized carbons (Fsp3) is 0.833. The van der Waals surface area contributed by atoms with Crippen LogP contribution in [0.2, 0.25) is 0 Å². The second-order valence-electron chi connectivity index (χ2n) is 4.62. The summed E-state index contributed by atoms with van der Waals surface area (Å²) in [6, 6.07) is -0.316. The molecule has 1 aliphatic carbocycles. The minimum Gasteiger partial charge on any atom is -0.480 e. The second-order valence-corrected chi connectivity index (χ2v) is 4.62. The Bertz CT molecular complexity index is 275. The monoisotopic (exact) mass is 242 g/mol. The molecule has 0 aromatic heterocycles. The molecule has 1 atom stereocenters. The molecule has 2 N–H and O–H groups in total. The van der Waals surface area contributed by atoms with E-state index in [1.165, 1.54) is 19.8 Å². The van der Waals surface area contributed by atoms with Crippen LogP contribution in [0.3, 0.4) is 0 Å². The molecule has 5 heteroatoms. The van der Waals surface area contributed by atoms with Gasteiger partial charge < -0.3 is 10.4 Å². The van der Waals surface area contributed by atoms with Crippen LogP contribution in [-0.4, -0.2) is 47.1 Å². The third kappa shape index (κ3) is 4.34. The normalized spacial score (nSPS) is 18.3. The number of hydrogen-bond acceptors (Lipinski definition) is 3. The van der Waals surface area contributed by atoms with Gasteiger partial charge in [0.25, 0.3) is 0 Å². The average Bonchev–Trinajstić information content (AvgIpc) is 2.76. The highest BCUT2D eigenvalue weighted by molar-refractivity contribution is 5.82. The van der Waals surface area contributed by atoms with E-state index in [1.54, 1.807) is 0 Å². The molecule has 0 aromatic carbocycles. The molecule has 1 saturated carbocycles. The first-order chi connectivity index (χ1) is 8.04. The SMILES string of the molecule is CCN(CC(NC(C)=O)C(=O)O)C1CCCC1. The van der Waals surface area contributed by atoms with Gasteiger partial charge in [-0.15, -0.1) is 0 Å². The van der Waals surface area contributed by atoms with Crippen molar-refractivity contribution >= 4 is 11.9 Å². The topological polar surface area (TPSA) is 69.6 Å². The fourth-order valence-electron chi connectivity index (χ4n) is 2.47. The molecule has 1 amide bonds. The van der Waals surface area contributed by atoms with Gasteiger partial charge in [-0.3, -0.25) is 9.69 Å². The molecule has 0 radical (unpaired) electrons. The van der Waals surface area contributed by atoms with E-state index in [0.717, 1.165) is 19.4 Å². The number of carboxylic acids is 1. The largest absolute Gasteiger partial charge is 0.480 e. The molecule has 0 bridgehead atoms. The summed E-state index contributed by atoms with van der Waals surface area (Å²) in [6.07, 6.45) is 4.72. The number of carbonyl (C=O) groups is 2. The van der Waals surface area contributed by atoms with Gasteiger partial charge in [-0.1, -0.05) is 19.8 Å². The maximum absolute atomic E-state index is 11.1. The predicted molar refractivity (Wildman–Crippen MR) is 64.7 cm³/mol. The maximum atomic E-state index is 11.1. The minimum absolute atomic E-state index is 0.292. The summed E-state index contributed by atoms with van der Waals surface area (Å²) in [5.41, 5.74) is 0. The summed E-state index contributed by atoms with van der Waals surface area (Å²) in [5, 5.41) is 11.6. The van der Waals surface area contributed by atoms with Crippen molar-refractivity contribution < 1.29 is 14.7 Å². The van der Waals surface area contributed by atoms with Crippen molar-refractivity contribution in [2.24, 2.45) is 0 Å². The van der Waals surface area contributed by atoms with Gasteiger partial charge >= 0.3 is 5.97 Å². The second kappa shape index (κ2) is 6.59. The third-order valence-corrected chi connectivity index (χ3v) is 3.34. The number of nitrogens with one attached hydrogen (secondary N) is 1. The fourth-order valence-corrected chi connectivity index (χ4v) is 2.47. The number of likely N-dealkylation sites (N-methyl/N-ethyl adjacent to an activating group) is 1. The van der Waals surface area contributed by atoms with Crippen molar-refractivity contribution in [1.82, 2.24) is 10.2 Å². The Labute approximate surface area is 102 Å². The molecule has 1 aliphatic rings. The average molecular weight is 242 g/mol. The molecule has 17 heavy (non-hydrogen) atoms. The van der Waals surface area contributed by atoms with Crippen LogP contribution in [0.1, 0.15) is 39.5 Å². The molecule has 1 rings (SSSR count). The molecule has 0 aromatic rings. The van der Waals surface area contributed by atoms with Crippen LogP contribution in [0, 0.1) is 0 Å². The zero-order chi connectivity index (χ0) is 12.8. The molecule has 0 spiro atoms. The van der Waals surface area contributed by atoms with E-state index in [4.69, 9.17) is 5.11 Å². The Morgan fingerprint density at radius 2 is 2.00 bits per heavy atom. The van der Waals surface area contributed by atoms with E-state index in [9.17, 15) is 9.59 Å². The summed E-state index contributed by atoms with van der Waals surface area (Å²) < 4.78 is 0. The van der Waals surface area contributed by atoms with E-state index in [-0.39, 0.29) is 5.91 Å². The van der Waals surface area contributed by atoms with E-state index >= 15 is 0 Å². The summed E-state index contributed by atoms with van der Waals surface area (Å²) in [5.74, 6) is -1.25. The van der Waals surface area contributed by atoms with Crippen molar-refractivity contribution in [3.8, 4) is 0 Å². The molecule has 0 aliphatic heterocycles. The quantitative estimate of drug-likeness (QED) is 0.724. The van der Waals surface area contributed by atoms with Gasteiger partial charge in [-0.05, 0) is 19.4 Å². The number of nitrogens with zero attached hydrogens (tertiary/aromatic N) is 1. The van der Waals surface area contributed by atoms with Crippen molar-refractivity contribution in [2.75, 3.05) is 13.1 Å². The van der Waals surface area contributed by atoms with Crippen LogP contribution >= 0.6 is 0 Å². The molecule has 5 nitrogen and oxygen atoms in total. The van der Waals surface area contributed by atoms with E-state index in [2.05, 4.69) is 10.2 Å². The van der Waals surface area contributed by atoms with Gasteiger partial charge in [0, 0.05) is 19.5 Å². The van der Waals surface area contributed by atoms with Crippen LogP contribution in [-0.2, 0) is 9.59 Å². The van der Waals surface area contributed by atoms with Crippen molar-refractivity contribution in [1.29, 1.82) is 0 Å². The number of hydrogen-bond donors (Lipinski definition) is 2. The van der Waals surface area contributed by atoms with Gasteiger partial charge in [0.05, 0.1) is 0 Å². The first kappa shape index (κ1) is 14.0. The first-order valence-corrected chi connectivity index (χ1v) is 6.28. The zero-order valence-electron chi connectivity index (χ0n) is 10.6. The standard InChI is InChI=1S/C12H22N2O3/c1-3-14(10-6-4-5-7-10)8-11(12(16)17)13-9(2)15/h10-11H,3-8H2,1-2H3,(H,13,15)(H,16,17). The van der Waals surface area contributed by atoms with Gasteiger partial charge in [-0.25, -0.2) is 4.79 Å². The Kier molecular flexibility index (Phi) is 5.41. The lowest BCUT2D eigenvalue weighted by molar-refractivity contribution is -0.142. The highest BCUT2D eigenvalue weighted by Gasteiger charge is 2.27. The number of amides is 1. The molecule has 98 valence electrons. The Hall–Kier alpha value is -1.10. The molecule has 0 saturated heterocycles. The van der Waals surface area contributed by atoms with Crippen LogP contribution in [0.5, 0.6) is 0 Å². The highest BCUT2D eigenvalue weighted by Crippen LogP contribution is 2.23. The molecule has 0 heterocycles. The van der Waals surface area contributed by atoms with E-state index < -0.39 is 12.0 Å². The smallest absolute Gasteiger partial charge is 0.327 e. The number of aliphatic carboxylic acids is 1. The van der Waals surface area contributed by atoms with E-state index in [0.29, 0.717) is 12.6 Å². The summed E-state index contributed by atoms with van der Waals surface area (Å²) in [6.45, 7) is 4.61. The summed E-state index contributed by atoms with van der Waals surface area (Å²) in [4.78, 5) is 24.2. The van der Waals surface area contributed by atoms with Crippen molar-refractivity contribution in [3.05, 3.63) is 0 Å². The molecule has 1 unspecified atom stereocenters. The number of carboxylic acid groups (broad SMARTS) is 1. The van der Waals surface area contributed by atoms with Crippen LogP contribution in [0.4, 0.5) is 0 Å². The van der Waals surface area contributed by atoms with Gasteiger partial charge in [-0.2, -0.15) is 0 Å². The van der Waals surface area contributed by atoms with Crippen molar-refractivity contribution in [3.63, 3.8) is 0 Å². The van der Waals surface area contributed by atoms with Gasteiger partial charge in [0.2, 0.25) is 5.91 Å². The number of rotatable bonds is 6. The Morgan fingerprint density at radius 3 is 2.41 bits per heavy atom. The zero-order valence-corrected chi connectivity index (χ0v) is 10.6. The number of carbonyl (C=O) groups excluding carboxylic acids is 1. The lowest BCUT2D eigenvalue weighted by Gasteiger charge is -2.30. The van der Waals surface area contributed by atoms with Crippen molar-refractivity contribution in [2.45, 2.75) is 51.6 Å². The van der Waals surface area contributed by atoms with Crippen LogP contribution < -0.4 is 5.32 Å². The Balaban J connectivity index is 2.56. The molecular formula is C12H22N2O3. The van der Waals surface area contributed by atoms with Gasteiger partial charge in [0.1, 0.15) is 6.04 Å².